The fraction of sp³-hybridized carbons (Fsp3) is 0.217. The predicted molar refractivity (Wildman–Crippen MR) is 108 cm³/mol. The van der Waals surface area contributed by atoms with Crippen LogP contribution in [0.5, 0.6) is 0 Å². The van der Waals surface area contributed by atoms with Gasteiger partial charge in [-0.05, 0) is 54.7 Å². The number of nitrogens with one attached hydrogen (secondary N) is 1. The van der Waals surface area contributed by atoms with E-state index in [9.17, 15) is 24.3 Å². The summed E-state index contributed by atoms with van der Waals surface area (Å²) in [4.78, 5) is 50.9. The molecule has 0 unspecified atom stereocenters. The lowest BCUT2D eigenvalue weighted by Crippen LogP contribution is -2.32. The molecule has 0 aromatic heterocycles. The van der Waals surface area contributed by atoms with E-state index in [4.69, 9.17) is 0 Å². The number of carbonyl (C=O) groups excluding carboxylic acids is 3. The van der Waals surface area contributed by atoms with Crippen molar-refractivity contribution in [1.82, 2.24) is 0 Å². The Morgan fingerprint density at radius 3 is 2.10 bits per heavy atom. The zero-order valence-electron chi connectivity index (χ0n) is 15.8. The first-order chi connectivity index (χ1) is 14.5. The number of carboxylic acid groups (broad SMARTS) is 1. The quantitative estimate of drug-likeness (QED) is 0.605. The summed E-state index contributed by atoms with van der Waals surface area (Å²) >= 11 is 0. The van der Waals surface area contributed by atoms with Crippen molar-refractivity contribution in [3.05, 3.63) is 71.8 Å². The van der Waals surface area contributed by atoms with Gasteiger partial charge >= 0.3 is 5.97 Å². The van der Waals surface area contributed by atoms with Gasteiger partial charge < -0.3 is 10.4 Å². The van der Waals surface area contributed by atoms with Crippen molar-refractivity contribution in [2.75, 3.05) is 10.2 Å². The zero-order valence-corrected chi connectivity index (χ0v) is 15.8. The zero-order chi connectivity index (χ0) is 21.0. The van der Waals surface area contributed by atoms with Gasteiger partial charge in [0.2, 0.25) is 11.8 Å². The van der Waals surface area contributed by atoms with Crippen molar-refractivity contribution in [3.8, 4) is 0 Å². The molecule has 2 bridgehead atoms. The van der Waals surface area contributed by atoms with Crippen molar-refractivity contribution in [2.24, 2.45) is 23.7 Å². The van der Waals surface area contributed by atoms with E-state index in [-0.39, 0.29) is 46.7 Å². The lowest BCUT2D eigenvalue weighted by molar-refractivity contribution is -0.123. The molecule has 7 nitrogen and oxygen atoms in total. The number of anilines is 2. The highest BCUT2D eigenvalue weighted by Gasteiger charge is 2.59. The van der Waals surface area contributed by atoms with E-state index in [1.165, 1.54) is 29.2 Å². The molecule has 2 aliphatic carbocycles. The van der Waals surface area contributed by atoms with Crippen LogP contribution >= 0.6 is 0 Å². The van der Waals surface area contributed by atoms with Gasteiger partial charge in [-0.2, -0.15) is 0 Å². The number of allylic oxidation sites excluding steroid dienone is 2. The average Bonchev–Trinajstić information content (AvgIpc) is 3.42. The molecular weight excluding hydrogens is 384 g/mol. The summed E-state index contributed by atoms with van der Waals surface area (Å²) in [5.74, 6) is -2.23. The van der Waals surface area contributed by atoms with Crippen LogP contribution in [0.4, 0.5) is 11.4 Å². The minimum atomic E-state index is -1.14. The minimum Gasteiger partial charge on any atom is -0.478 e. The standard InChI is InChI=1S/C23H18N2O5/c26-20(24-17-4-2-1-3-16(17)23(29)30)12-7-9-15(10-8-12)25-21(27)18-13-5-6-14(11-13)19(18)22(25)28/h1-10,13-14,18-19H,11H2,(H,24,26)(H,29,30)/t13-,14+,18-,19-/m0/s1. The number of benzene rings is 2. The Balaban J connectivity index is 1.35. The molecule has 30 heavy (non-hydrogen) atoms. The van der Waals surface area contributed by atoms with Crippen LogP contribution < -0.4 is 10.2 Å². The van der Waals surface area contributed by atoms with Crippen molar-refractivity contribution >= 4 is 35.1 Å². The first-order valence-electron chi connectivity index (χ1n) is 9.75. The summed E-state index contributed by atoms with van der Waals surface area (Å²) in [6.45, 7) is 0. The van der Waals surface area contributed by atoms with Gasteiger partial charge in [0.05, 0.1) is 28.8 Å². The number of carboxylic acids is 1. The Hall–Kier alpha value is -3.74. The molecule has 0 spiro atoms. The molecular formula is C23H18N2O5. The number of amides is 3. The van der Waals surface area contributed by atoms with Crippen LogP contribution in [0.1, 0.15) is 27.1 Å². The van der Waals surface area contributed by atoms with E-state index >= 15 is 0 Å². The molecule has 5 rings (SSSR count). The van der Waals surface area contributed by atoms with Gasteiger partial charge in [-0.25, -0.2) is 4.79 Å². The van der Waals surface area contributed by atoms with Gasteiger partial charge in [-0.3, -0.25) is 19.3 Å². The second-order valence-corrected chi connectivity index (χ2v) is 7.86. The van der Waals surface area contributed by atoms with Gasteiger partial charge in [0.1, 0.15) is 0 Å². The molecule has 1 aliphatic heterocycles. The molecule has 1 saturated carbocycles. The Morgan fingerprint density at radius 2 is 1.50 bits per heavy atom. The van der Waals surface area contributed by atoms with E-state index in [0.29, 0.717) is 11.3 Å². The van der Waals surface area contributed by atoms with E-state index in [0.717, 1.165) is 6.42 Å². The molecule has 4 atom stereocenters. The summed E-state index contributed by atoms with van der Waals surface area (Å²) in [5.41, 5.74) is 0.923. The summed E-state index contributed by atoms with van der Waals surface area (Å²) < 4.78 is 0. The Bertz CT molecular complexity index is 1090. The van der Waals surface area contributed by atoms with Crippen molar-refractivity contribution < 1.29 is 24.3 Å². The molecule has 3 amide bonds. The number of nitrogens with zero attached hydrogens (tertiary/aromatic N) is 1. The summed E-state index contributed by atoms with van der Waals surface area (Å²) in [6, 6.07) is 12.3. The minimum absolute atomic E-state index is 0.00879. The highest BCUT2D eigenvalue weighted by Crippen LogP contribution is 2.53. The third kappa shape index (κ3) is 2.66. The molecule has 0 radical (unpaired) electrons. The van der Waals surface area contributed by atoms with Gasteiger partial charge in [-0.1, -0.05) is 24.3 Å². The fourth-order valence-corrected chi connectivity index (χ4v) is 4.89. The maximum atomic E-state index is 12.9. The number of carbonyl (C=O) groups is 4. The van der Waals surface area contributed by atoms with Crippen LogP contribution in [0.3, 0.4) is 0 Å². The van der Waals surface area contributed by atoms with Gasteiger partial charge in [0, 0.05) is 5.56 Å². The molecule has 150 valence electrons. The van der Waals surface area contributed by atoms with E-state index in [1.54, 1.807) is 24.3 Å². The van der Waals surface area contributed by atoms with Crippen LogP contribution in [0.25, 0.3) is 0 Å². The summed E-state index contributed by atoms with van der Waals surface area (Å²) in [5, 5.41) is 11.8. The summed E-state index contributed by atoms with van der Waals surface area (Å²) in [6.07, 6.45) is 4.96. The molecule has 2 N–H and O–H groups in total. The van der Waals surface area contributed by atoms with Crippen LogP contribution in [0.2, 0.25) is 0 Å². The normalized spacial score (nSPS) is 26.2. The number of hydrogen-bond donors (Lipinski definition) is 2. The predicted octanol–water partition coefficient (Wildman–Crippen LogP) is 2.95. The number of fused-ring (bicyclic) bond motifs is 5. The Morgan fingerprint density at radius 1 is 0.900 bits per heavy atom. The smallest absolute Gasteiger partial charge is 0.337 e. The van der Waals surface area contributed by atoms with E-state index in [1.807, 2.05) is 12.2 Å². The lowest BCUT2D eigenvalue weighted by Gasteiger charge is -2.17. The highest BCUT2D eigenvalue weighted by molar-refractivity contribution is 6.23. The maximum Gasteiger partial charge on any atom is 0.337 e. The monoisotopic (exact) mass is 402 g/mol. The van der Waals surface area contributed by atoms with Crippen molar-refractivity contribution in [1.29, 1.82) is 0 Å². The largest absolute Gasteiger partial charge is 0.478 e. The van der Waals surface area contributed by atoms with Crippen molar-refractivity contribution in [3.63, 3.8) is 0 Å². The molecule has 1 saturated heterocycles. The van der Waals surface area contributed by atoms with Gasteiger partial charge in [-0.15, -0.1) is 0 Å². The number of para-hydroxylation sites is 1. The maximum absolute atomic E-state index is 12.9. The number of imide groups is 1. The van der Waals surface area contributed by atoms with Crippen LogP contribution in [0.15, 0.2) is 60.7 Å². The number of hydrogen-bond acceptors (Lipinski definition) is 4. The number of aromatic carboxylic acids is 1. The summed E-state index contributed by atoms with van der Waals surface area (Å²) in [7, 11) is 0. The molecule has 2 aromatic rings. The first kappa shape index (κ1) is 18.3. The molecule has 1 heterocycles. The van der Waals surface area contributed by atoms with Crippen molar-refractivity contribution in [2.45, 2.75) is 6.42 Å². The van der Waals surface area contributed by atoms with E-state index < -0.39 is 11.9 Å². The molecule has 2 fully saturated rings. The van der Waals surface area contributed by atoms with Crippen LogP contribution in [-0.2, 0) is 9.59 Å². The second kappa shape index (κ2) is 6.66. The molecule has 7 heteroatoms. The highest BCUT2D eigenvalue weighted by atomic mass is 16.4. The molecule has 2 aromatic carbocycles. The fourth-order valence-electron chi connectivity index (χ4n) is 4.89. The van der Waals surface area contributed by atoms with Crippen LogP contribution in [0, 0.1) is 23.7 Å². The first-order valence-corrected chi connectivity index (χ1v) is 9.75. The van der Waals surface area contributed by atoms with Gasteiger partial charge in [0.25, 0.3) is 5.91 Å². The lowest BCUT2D eigenvalue weighted by atomic mass is 9.85. The van der Waals surface area contributed by atoms with Crippen LogP contribution in [-0.4, -0.2) is 28.8 Å². The third-order valence-electron chi connectivity index (χ3n) is 6.26. The average molecular weight is 402 g/mol. The van der Waals surface area contributed by atoms with E-state index in [2.05, 4.69) is 5.32 Å². The Labute approximate surface area is 172 Å². The topological polar surface area (TPSA) is 104 Å². The van der Waals surface area contributed by atoms with Gasteiger partial charge in [0.15, 0.2) is 0 Å². The second-order valence-electron chi connectivity index (χ2n) is 7.86. The third-order valence-corrected chi connectivity index (χ3v) is 6.26. The Kier molecular flexibility index (Phi) is 4.06. The number of rotatable bonds is 4. The molecule has 3 aliphatic rings. The SMILES string of the molecule is O=C(Nc1ccccc1C(=O)O)c1ccc(N2C(=O)[C@@H]3[C@@H](C2=O)[C@H]2C=C[C@@H]3C2)cc1.